The SMILES string of the molecule is C=C=C=C=CC(CCCCC)CC(=O)OCCCCCCCCCCC(CCCCCCCCCCOC(=O)CC(C)CCCCC)COCCCN1CCN(C)CC1. The molecule has 1 heterocycles. The summed E-state index contributed by atoms with van der Waals surface area (Å²) in [5.74, 6) is 1.17. The first-order valence-corrected chi connectivity index (χ1v) is 25.0. The van der Waals surface area contributed by atoms with Gasteiger partial charge in [-0.05, 0) is 81.7 Å². The molecule has 1 rings (SSSR count). The van der Waals surface area contributed by atoms with Gasteiger partial charge in [0, 0.05) is 52.4 Å². The lowest BCUT2D eigenvalue weighted by Crippen LogP contribution is -2.44. The highest BCUT2D eigenvalue weighted by atomic mass is 16.5. The number of hydrogen-bond acceptors (Lipinski definition) is 7. The number of unbranched alkanes of at least 4 members (excludes halogenated alkanes) is 18. The number of ether oxygens (including phenoxy) is 3. The molecule has 0 aliphatic carbocycles. The molecule has 3 unspecified atom stereocenters. The Labute approximate surface area is 365 Å². The second-order valence-electron chi connectivity index (χ2n) is 18.0. The number of hydrogen-bond donors (Lipinski definition) is 0. The van der Waals surface area contributed by atoms with E-state index in [0.29, 0.717) is 37.9 Å². The van der Waals surface area contributed by atoms with Crippen molar-refractivity contribution in [3.05, 3.63) is 29.8 Å². The predicted octanol–water partition coefficient (Wildman–Crippen LogP) is 13.2. The van der Waals surface area contributed by atoms with Crippen LogP contribution in [0.3, 0.4) is 0 Å². The molecule has 1 saturated heterocycles. The number of piperazine rings is 1. The zero-order valence-corrected chi connectivity index (χ0v) is 39.3. The Morgan fingerprint density at radius 3 is 1.64 bits per heavy atom. The van der Waals surface area contributed by atoms with Crippen LogP contribution in [0.15, 0.2) is 29.8 Å². The Bertz CT molecular complexity index is 1100. The number of esters is 2. The smallest absolute Gasteiger partial charge is 0.306 e. The van der Waals surface area contributed by atoms with Gasteiger partial charge >= 0.3 is 11.9 Å². The molecule has 7 heteroatoms. The summed E-state index contributed by atoms with van der Waals surface area (Å²) in [4.78, 5) is 29.5. The van der Waals surface area contributed by atoms with Crippen molar-refractivity contribution in [2.45, 2.75) is 207 Å². The van der Waals surface area contributed by atoms with Crippen molar-refractivity contribution < 1.29 is 23.8 Å². The highest BCUT2D eigenvalue weighted by Gasteiger charge is 2.15. The molecule has 0 aromatic carbocycles. The summed E-state index contributed by atoms with van der Waals surface area (Å²) in [6.45, 7) is 19.0. The van der Waals surface area contributed by atoms with E-state index >= 15 is 0 Å². The number of allylic oxidation sites excluding steroid dienone is 1. The summed E-state index contributed by atoms with van der Waals surface area (Å²) in [6.07, 6.45) is 35.7. The summed E-state index contributed by atoms with van der Waals surface area (Å²) in [6, 6.07) is 0. The maximum absolute atomic E-state index is 12.4. The monoisotopic (exact) mass is 827 g/mol. The largest absolute Gasteiger partial charge is 0.466 e. The summed E-state index contributed by atoms with van der Waals surface area (Å²) in [7, 11) is 2.22. The van der Waals surface area contributed by atoms with Crippen LogP contribution in [0.1, 0.15) is 207 Å². The van der Waals surface area contributed by atoms with Crippen LogP contribution < -0.4 is 0 Å². The standard InChI is InChI=1S/C52H94N2O5/c1-6-9-24-32-48(4)45-51(55)58-43-29-22-18-14-12-16-20-27-35-50(47-57-42-31-37-54-40-38-53(5)39-41-54)36-28-21-17-13-15-19-23-30-44-59-52(56)46-49(33-25-10-7-2)34-26-11-8-3/h33,48-50H,2,6,8-9,11-24,26-32,34-47H2,1,3-5H3. The molecule has 1 aliphatic heterocycles. The number of rotatable bonds is 41. The minimum absolute atomic E-state index is 0.00815. The van der Waals surface area contributed by atoms with E-state index in [1.165, 1.54) is 148 Å². The Morgan fingerprint density at radius 1 is 0.610 bits per heavy atom. The molecular formula is C52H94N2O5. The Hall–Kier alpha value is -2.10. The third-order valence-electron chi connectivity index (χ3n) is 12.2. The molecule has 0 bridgehead atoms. The fraction of sp³-hybridized carbons (Fsp3) is 0.865. The van der Waals surface area contributed by atoms with Gasteiger partial charge in [-0.1, -0.05) is 167 Å². The highest BCUT2D eigenvalue weighted by molar-refractivity contribution is 5.70. The molecule has 0 saturated carbocycles. The molecule has 7 nitrogen and oxygen atoms in total. The van der Waals surface area contributed by atoms with Gasteiger partial charge in [-0.3, -0.25) is 9.59 Å². The maximum atomic E-state index is 12.4. The van der Waals surface area contributed by atoms with Crippen LogP contribution in [0.4, 0.5) is 0 Å². The highest BCUT2D eigenvalue weighted by Crippen LogP contribution is 2.21. The maximum Gasteiger partial charge on any atom is 0.306 e. The third kappa shape index (κ3) is 36.3. The number of likely N-dealkylation sites (N-methyl/N-ethyl adjacent to an activating group) is 1. The molecule has 0 N–H and O–H groups in total. The van der Waals surface area contributed by atoms with E-state index in [4.69, 9.17) is 14.2 Å². The minimum Gasteiger partial charge on any atom is -0.466 e. The van der Waals surface area contributed by atoms with Crippen molar-refractivity contribution in [1.29, 1.82) is 0 Å². The van der Waals surface area contributed by atoms with E-state index in [-0.39, 0.29) is 17.9 Å². The molecule has 1 fully saturated rings. The lowest BCUT2D eigenvalue weighted by molar-refractivity contribution is -0.145. The van der Waals surface area contributed by atoms with Crippen LogP contribution in [-0.2, 0) is 23.8 Å². The lowest BCUT2D eigenvalue weighted by atomic mass is 9.94. The average Bonchev–Trinajstić information content (AvgIpc) is 3.22. The number of nitrogens with zero attached hydrogens (tertiary/aromatic N) is 2. The van der Waals surface area contributed by atoms with Crippen molar-refractivity contribution in [2.75, 3.05) is 66.2 Å². The van der Waals surface area contributed by atoms with Gasteiger partial charge in [0.1, 0.15) is 0 Å². The zero-order chi connectivity index (χ0) is 42.9. The minimum atomic E-state index is -0.0984. The molecule has 3 atom stereocenters. The first-order chi connectivity index (χ1) is 28.9. The molecule has 0 amide bonds. The van der Waals surface area contributed by atoms with Gasteiger partial charge < -0.3 is 24.0 Å². The van der Waals surface area contributed by atoms with Gasteiger partial charge in [0.15, 0.2) is 0 Å². The van der Waals surface area contributed by atoms with Crippen LogP contribution in [0.5, 0.6) is 0 Å². The van der Waals surface area contributed by atoms with Crippen LogP contribution in [0, 0.1) is 17.8 Å². The fourth-order valence-corrected chi connectivity index (χ4v) is 8.16. The second kappa shape index (κ2) is 41.3. The summed E-state index contributed by atoms with van der Waals surface area (Å²) >= 11 is 0. The quantitative estimate of drug-likeness (QED) is 0.0345. The Morgan fingerprint density at radius 2 is 1.10 bits per heavy atom. The molecule has 1 aliphatic rings. The van der Waals surface area contributed by atoms with E-state index in [9.17, 15) is 9.59 Å². The first-order valence-electron chi connectivity index (χ1n) is 25.0. The van der Waals surface area contributed by atoms with Crippen molar-refractivity contribution >= 4 is 11.9 Å². The molecule has 342 valence electrons. The summed E-state index contributed by atoms with van der Waals surface area (Å²) in [5, 5.41) is 0. The van der Waals surface area contributed by atoms with E-state index in [1.54, 1.807) is 0 Å². The fourth-order valence-electron chi connectivity index (χ4n) is 8.16. The molecular weight excluding hydrogens is 733 g/mol. The van der Waals surface area contributed by atoms with Crippen molar-refractivity contribution in [3.8, 4) is 0 Å². The van der Waals surface area contributed by atoms with Gasteiger partial charge in [0.25, 0.3) is 0 Å². The number of carbonyl (C=O) groups excluding carboxylic acids is 2. The van der Waals surface area contributed by atoms with E-state index in [0.717, 1.165) is 71.1 Å². The normalized spacial score (nSPS) is 14.8. The van der Waals surface area contributed by atoms with E-state index < -0.39 is 0 Å². The molecule has 0 spiro atoms. The Balaban J connectivity index is 2.19. The van der Waals surface area contributed by atoms with Crippen molar-refractivity contribution in [2.24, 2.45) is 17.8 Å². The van der Waals surface area contributed by atoms with Crippen LogP contribution in [-0.4, -0.2) is 87.9 Å². The first kappa shape index (κ1) is 54.9. The van der Waals surface area contributed by atoms with E-state index in [2.05, 4.69) is 61.4 Å². The van der Waals surface area contributed by atoms with Gasteiger partial charge in [-0.2, -0.15) is 0 Å². The van der Waals surface area contributed by atoms with Gasteiger partial charge in [-0.15, -0.1) is 0 Å². The van der Waals surface area contributed by atoms with Crippen molar-refractivity contribution in [1.82, 2.24) is 9.80 Å². The molecule has 0 aromatic rings. The summed E-state index contributed by atoms with van der Waals surface area (Å²) in [5.41, 5.74) is 8.30. The van der Waals surface area contributed by atoms with Crippen molar-refractivity contribution in [3.63, 3.8) is 0 Å². The van der Waals surface area contributed by atoms with Gasteiger partial charge in [0.2, 0.25) is 0 Å². The van der Waals surface area contributed by atoms with Gasteiger partial charge in [-0.25, -0.2) is 0 Å². The number of carbonyl (C=O) groups is 2. The Kier molecular flexibility index (Phi) is 38.4. The molecule has 59 heavy (non-hydrogen) atoms. The third-order valence-corrected chi connectivity index (χ3v) is 12.2. The molecule has 0 aromatic heterocycles. The molecule has 0 radical (unpaired) electrons. The lowest BCUT2D eigenvalue weighted by Gasteiger charge is -2.32. The van der Waals surface area contributed by atoms with Crippen LogP contribution >= 0.6 is 0 Å². The average molecular weight is 827 g/mol. The second-order valence-corrected chi connectivity index (χ2v) is 18.0. The van der Waals surface area contributed by atoms with E-state index in [1.807, 2.05) is 6.08 Å². The topological polar surface area (TPSA) is 68.3 Å². The predicted molar refractivity (Wildman–Crippen MR) is 249 cm³/mol. The zero-order valence-electron chi connectivity index (χ0n) is 39.3. The van der Waals surface area contributed by atoms with Gasteiger partial charge in [0.05, 0.1) is 19.6 Å². The summed E-state index contributed by atoms with van der Waals surface area (Å²) < 4.78 is 17.4. The van der Waals surface area contributed by atoms with Crippen LogP contribution in [0.2, 0.25) is 0 Å². The van der Waals surface area contributed by atoms with Crippen LogP contribution in [0.25, 0.3) is 0 Å².